The molecule has 0 bridgehead atoms. The Morgan fingerprint density at radius 1 is 1.53 bits per heavy atom. The molecule has 0 spiro atoms. The van der Waals surface area contributed by atoms with Crippen molar-refractivity contribution < 1.29 is 15.8 Å². The minimum Gasteiger partial charge on any atom is -0.450 e. The Balaban J connectivity index is 0.00000289. The summed E-state index contributed by atoms with van der Waals surface area (Å²) in [5, 5.41) is 2.91. The molecule has 0 aliphatic carbocycles. The molecule has 1 saturated heterocycles. The average Bonchev–Trinajstić information content (AvgIpc) is 2.78. The Morgan fingerprint density at radius 3 is 2.82 bits per heavy atom. The number of nitrogens with one attached hydrogen (secondary N) is 1. The van der Waals surface area contributed by atoms with Gasteiger partial charge in [-0.2, -0.15) is 0 Å². The van der Waals surface area contributed by atoms with Gasteiger partial charge >= 0.3 is 6.09 Å². The van der Waals surface area contributed by atoms with E-state index in [0.717, 1.165) is 19.3 Å². The molecule has 2 amide bonds. The maximum atomic E-state index is 12.0. The summed E-state index contributed by atoms with van der Waals surface area (Å²) in [7, 11) is 0. The van der Waals surface area contributed by atoms with E-state index < -0.39 is 0 Å². The van der Waals surface area contributed by atoms with Crippen LogP contribution in [0.5, 0.6) is 0 Å². The zero-order chi connectivity index (χ0) is 12.8. The first-order valence-corrected chi connectivity index (χ1v) is 6.33. The molecule has 1 heterocycles. The Labute approximate surface area is 104 Å². The van der Waals surface area contributed by atoms with E-state index in [0.29, 0.717) is 13.2 Å². The molecule has 0 aromatic carbocycles. The Bertz CT molecular complexity index is 286. The first-order valence-electron chi connectivity index (χ1n) is 6.33. The molecule has 100 valence electrons. The number of hydrogen-bond donors (Lipinski definition) is 1. The molecular formula is C12H24N2O3. The molecule has 0 aromatic heterocycles. The summed E-state index contributed by atoms with van der Waals surface area (Å²) in [4.78, 5) is 25.1. The third kappa shape index (κ3) is 3.61. The van der Waals surface area contributed by atoms with Crippen molar-refractivity contribution >= 4 is 12.0 Å². The number of nitrogens with zero attached hydrogens (tertiary/aromatic N) is 1. The van der Waals surface area contributed by atoms with E-state index in [9.17, 15) is 9.59 Å². The maximum Gasteiger partial charge on any atom is 0.410 e. The maximum absolute atomic E-state index is 12.0. The van der Waals surface area contributed by atoms with Crippen LogP contribution in [0, 0.1) is 0 Å². The van der Waals surface area contributed by atoms with Gasteiger partial charge in [-0.15, -0.1) is 0 Å². The summed E-state index contributed by atoms with van der Waals surface area (Å²) in [5.74, 6) is -0.0649. The molecule has 0 aromatic rings. The van der Waals surface area contributed by atoms with Crippen molar-refractivity contribution in [2.45, 2.75) is 52.1 Å². The van der Waals surface area contributed by atoms with E-state index >= 15 is 0 Å². The van der Waals surface area contributed by atoms with E-state index in [1.54, 1.807) is 6.92 Å². The van der Waals surface area contributed by atoms with Crippen LogP contribution >= 0.6 is 0 Å². The lowest BCUT2D eigenvalue weighted by Crippen LogP contribution is -2.48. The van der Waals surface area contributed by atoms with Gasteiger partial charge in [0.1, 0.15) is 6.04 Å². The van der Waals surface area contributed by atoms with Crippen LogP contribution in [0.25, 0.3) is 0 Å². The highest BCUT2D eigenvalue weighted by atomic mass is 16.6. The average molecular weight is 244 g/mol. The van der Waals surface area contributed by atoms with Crippen molar-refractivity contribution in [1.29, 1.82) is 0 Å². The fraction of sp³-hybridized carbons (Fsp3) is 0.833. The molecular weight excluding hydrogens is 220 g/mol. The molecule has 1 fully saturated rings. The van der Waals surface area contributed by atoms with Crippen molar-refractivity contribution in [1.82, 2.24) is 10.2 Å². The summed E-state index contributed by atoms with van der Waals surface area (Å²) in [6, 6.07) is -0.213. The van der Waals surface area contributed by atoms with E-state index in [-0.39, 0.29) is 25.5 Å². The quantitative estimate of drug-likeness (QED) is 0.820. The van der Waals surface area contributed by atoms with Gasteiger partial charge in [-0.25, -0.2) is 4.79 Å². The number of rotatable bonds is 4. The molecule has 0 radical (unpaired) electrons. The predicted molar refractivity (Wildman–Crippen MR) is 66.8 cm³/mol. The van der Waals surface area contributed by atoms with Gasteiger partial charge in [0.15, 0.2) is 0 Å². The Kier molecular flexibility index (Phi) is 5.25. The Hall–Kier alpha value is -1.26. The van der Waals surface area contributed by atoms with Crippen LogP contribution in [-0.2, 0) is 9.53 Å². The van der Waals surface area contributed by atoms with Crippen LogP contribution < -0.4 is 5.32 Å². The number of ether oxygens (including phenoxy) is 1. The van der Waals surface area contributed by atoms with Crippen molar-refractivity contribution in [3.63, 3.8) is 0 Å². The van der Waals surface area contributed by atoms with Gasteiger partial charge in [0, 0.05) is 14.0 Å². The van der Waals surface area contributed by atoms with Crippen molar-refractivity contribution in [3.8, 4) is 0 Å². The fourth-order valence-corrected chi connectivity index (χ4v) is 1.91. The van der Waals surface area contributed by atoms with E-state index in [4.69, 9.17) is 4.74 Å². The van der Waals surface area contributed by atoms with Crippen molar-refractivity contribution in [2.24, 2.45) is 0 Å². The van der Waals surface area contributed by atoms with Gasteiger partial charge in [-0.1, -0.05) is 6.92 Å². The summed E-state index contributed by atoms with van der Waals surface area (Å²) < 4.78 is 4.94. The highest BCUT2D eigenvalue weighted by Gasteiger charge is 2.35. The predicted octanol–water partition coefficient (Wildman–Crippen LogP) is 1.77. The van der Waals surface area contributed by atoms with Crippen LogP contribution in [-0.4, -0.2) is 42.1 Å². The molecule has 1 aliphatic rings. The van der Waals surface area contributed by atoms with Gasteiger partial charge in [-0.05, 0) is 33.1 Å². The van der Waals surface area contributed by atoms with E-state index in [2.05, 4.69) is 5.32 Å². The summed E-state index contributed by atoms with van der Waals surface area (Å²) in [6.45, 7) is 6.69. The summed E-state index contributed by atoms with van der Waals surface area (Å²) >= 11 is 0. The molecule has 1 N–H and O–H groups in total. The molecule has 5 nitrogen and oxygen atoms in total. The van der Waals surface area contributed by atoms with Crippen LogP contribution in [0.3, 0.4) is 0 Å². The second kappa shape index (κ2) is 6.47. The minimum absolute atomic E-state index is 0. The summed E-state index contributed by atoms with van der Waals surface area (Å²) in [6.07, 6.45) is 2.09. The summed E-state index contributed by atoms with van der Waals surface area (Å²) in [5.41, 5.74) is 0. The van der Waals surface area contributed by atoms with Crippen LogP contribution in [0.15, 0.2) is 0 Å². The fourth-order valence-electron chi connectivity index (χ4n) is 1.91. The molecule has 1 rings (SSSR count). The first-order chi connectivity index (χ1) is 8.10. The number of amides is 2. The minimum atomic E-state index is -0.380. The Morgan fingerprint density at radius 2 is 2.24 bits per heavy atom. The third-order valence-electron chi connectivity index (χ3n) is 3.06. The van der Waals surface area contributed by atoms with Crippen molar-refractivity contribution in [2.75, 3.05) is 13.2 Å². The molecule has 2 atom stereocenters. The van der Waals surface area contributed by atoms with Crippen LogP contribution in [0.4, 0.5) is 4.79 Å². The highest BCUT2D eigenvalue weighted by molar-refractivity contribution is 5.86. The normalized spacial score (nSPS) is 21.1. The van der Waals surface area contributed by atoms with Gasteiger partial charge in [0.05, 0.1) is 6.61 Å². The highest BCUT2D eigenvalue weighted by Crippen LogP contribution is 2.18. The van der Waals surface area contributed by atoms with Gasteiger partial charge in [0.2, 0.25) is 5.91 Å². The molecule has 17 heavy (non-hydrogen) atoms. The zero-order valence-corrected chi connectivity index (χ0v) is 10.9. The number of likely N-dealkylation sites (tertiary alicyclic amines) is 1. The third-order valence-corrected chi connectivity index (χ3v) is 3.06. The number of hydrogen-bond acceptors (Lipinski definition) is 3. The second-order valence-corrected chi connectivity index (χ2v) is 4.37. The molecule has 1 aliphatic heterocycles. The molecule has 0 saturated carbocycles. The lowest BCUT2D eigenvalue weighted by atomic mass is 10.2. The van der Waals surface area contributed by atoms with Crippen LogP contribution in [0.1, 0.15) is 41.5 Å². The van der Waals surface area contributed by atoms with E-state index in [1.165, 1.54) is 4.90 Å². The monoisotopic (exact) mass is 244 g/mol. The van der Waals surface area contributed by atoms with Crippen molar-refractivity contribution in [3.05, 3.63) is 0 Å². The SMILES string of the molecule is CCOC(=O)N1CCCC1C(=O)NC(C)CC.[HH]. The smallest absolute Gasteiger partial charge is 0.410 e. The van der Waals surface area contributed by atoms with Crippen LogP contribution in [0.2, 0.25) is 0 Å². The topological polar surface area (TPSA) is 58.6 Å². The lowest BCUT2D eigenvalue weighted by molar-refractivity contribution is -0.125. The molecule has 5 heteroatoms. The zero-order valence-electron chi connectivity index (χ0n) is 10.9. The van der Waals surface area contributed by atoms with Gasteiger partial charge in [0.25, 0.3) is 0 Å². The van der Waals surface area contributed by atoms with Gasteiger partial charge in [-0.3, -0.25) is 9.69 Å². The number of carbonyl (C=O) groups excluding carboxylic acids is 2. The van der Waals surface area contributed by atoms with E-state index in [1.807, 2.05) is 13.8 Å². The largest absolute Gasteiger partial charge is 0.450 e. The first kappa shape index (κ1) is 13.8. The molecule has 2 unspecified atom stereocenters. The number of carbonyl (C=O) groups is 2. The lowest BCUT2D eigenvalue weighted by Gasteiger charge is -2.24. The standard InChI is InChI=1S/C12H22N2O3.H2/c1-4-9(3)13-11(15)10-7-6-8-14(10)12(16)17-5-2;/h9-10H,4-8H2,1-3H3,(H,13,15);1H. The van der Waals surface area contributed by atoms with Gasteiger partial charge < -0.3 is 10.1 Å². The second-order valence-electron chi connectivity index (χ2n) is 4.37.